The van der Waals surface area contributed by atoms with Crippen molar-refractivity contribution in [3.63, 3.8) is 0 Å². The van der Waals surface area contributed by atoms with Crippen molar-refractivity contribution >= 4 is 27.5 Å². The molecule has 4 rings (SSSR count). The maximum atomic E-state index is 11.0. The third-order valence-corrected chi connectivity index (χ3v) is 6.32. The lowest BCUT2D eigenvalue weighted by Crippen LogP contribution is -2.32. The average molecular weight is 426 g/mol. The highest BCUT2D eigenvalue weighted by Crippen LogP contribution is 2.31. The molecule has 0 radical (unpaired) electrons. The molecule has 1 aliphatic carbocycles. The van der Waals surface area contributed by atoms with E-state index in [9.17, 15) is 9.90 Å². The predicted molar refractivity (Wildman–Crippen MR) is 119 cm³/mol. The van der Waals surface area contributed by atoms with Crippen LogP contribution in [0.3, 0.4) is 0 Å². The topological polar surface area (TPSA) is 88.7 Å². The standard InChI is InChI=1S/C23H27N3O3S/c24-22(28)20(27)5-3-14-26(17-9-10-17)15-13-16-7-11-18(12-8-16)29-23-25-19-4-1-2-6-21(19)30-23/h1-2,4,6-8,11-12,17,20,27H,3,5,9-10,13-15H2,(H2,24,28). The van der Waals surface area contributed by atoms with Gasteiger partial charge in [0.25, 0.3) is 5.19 Å². The summed E-state index contributed by atoms with van der Waals surface area (Å²) in [5, 5.41) is 10.2. The number of thiazole rings is 1. The van der Waals surface area contributed by atoms with E-state index in [2.05, 4.69) is 22.0 Å². The maximum absolute atomic E-state index is 11.0. The summed E-state index contributed by atoms with van der Waals surface area (Å²) in [7, 11) is 0. The van der Waals surface area contributed by atoms with E-state index >= 15 is 0 Å². The molecule has 6 nitrogen and oxygen atoms in total. The van der Waals surface area contributed by atoms with Crippen molar-refractivity contribution < 1.29 is 14.6 Å². The minimum Gasteiger partial charge on any atom is -0.431 e. The summed E-state index contributed by atoms with van der Waals surface area (Å²) in [5.41, 5.74) is 7.34. The summed E-state index contributed by atoms with van der Waals surface area (Å²) >= 11 is 1.55. The summed E-state index contributed by atoms with van der Waals surface area (Å²) in [4.78, 5) is 17.9. The van der Waals surface area contributed by atoms with Gasteiger partial charge in [0.05, 0.1) is 10.2 Å². The number of carbonyl (C=O) groups is 1. The Morgan fingerprint density at radius 1 is 1.20 bits per heavy atom. The first-order valence-electron chi connectivity index (χ1n) is 10.4. The highest BCUT2D eigenvalue weighted by atomic mass is 32.1. The van der Waals surface area contributed by atoms with Crippen LogP contribution in [0.25, 0.3) is 10.2 Å². The molecule has 3 aromatic rings. The van der Waals surface area contributed by atoms with Gasteiger partial charge in [-0.2, -0.15) is 0 Å². The molecule has 0 aliphatic heterocycles. The first-order chi connectivity index (χ1) is 14.6. The second kappa shape index (κ2) is 9.55. The molecule has 1 aromatic heterocycles. The van der Waals surface area contributed by atoms with Crippen molar-refractivity contribution in [2.45, 2.75) is 44.2 Å². The van der Waals surface area contributed by atoms with Gasteiger partial charge in [0, 0.05) is 12.6 Å². The van der Waals surface area contributed by atoms with Crippen molar-refractivity contribution in [3.05, 3.63) is 54.1 Å². The van der Waals surface area contributed by atoms with E-state index in [1.54, 1.807) is 11.3 Å². The number of para-hydroxylation sites is 1. The Kier molecular flexibility index (Phi) is 6.62. The normalized spacial score (nSPS) is 14.9. The zero-order chi connectivity index (χ0) is 20.9. The van der Waals surface area contributed by atoms with Gasteiger partial charge in [-0.1, -0.05) is 35.6 Å². The quantitative estimate of drug-likeness (QED) is 0.489. The molecule has 158 valence electrons. The van der Waals surface area contributed by atoms with Crippen molar-refractivity contribution in [1.29, 1.82) is 0 Å². The number of aromatic nitrogens is 1. The average Bonchev–Trinajstić information content (AvgIpc) is 3.50. The van der Waals surface area contributed by atoms with Crippen LogP contribution in [-0.4, -0.2) is 46.1 Å². The lowest BCUT2D eigenvalue weighted by atomic mass is 10.1. The number of rotatable bonds is 11. The van der Waals surface area contributed by atoms with Crippen LogP contribution in [0.1, 0.15) is 31.2 Å². The Bertz CT molecular complexity index is 952. The summed E-state index contributed by atoms with van der Waals surface area (Å²) in [5.74, 6) is 0.151. The third-order valence-electron chi connectivity index (χ3n) is 5.41. The van der Waals surface area contributed by atoms with E-state index in [1.807, 2.05) is 36.4 Å². The Labute approximate surface area is 180 Å². The number of aliphatic hydroxyl groups is 1. The zero-order valence-corrected chi connectivity index (χ0v) is 17.7. The SMILES string of the molecule is NC(=O)C(O)CCCN(CCc1ccc(Oc2nc3ccccc3s2)cc1)C1CC1. The molecule has 7 heteroatoms. The molecule has 1 fully saturated rings. The smallest absolute Gasteiger partial charge is 0.279 e. The first kappa shape index (κ1) is 20.8. The number of hydrogen-bond acceptors (Lipinski definition) is 6. The lowest BCUT2D eigenvalue weighted by Gasteiger charge is -2.22. The van der Waals surface area contributed by atoms with Gasteiger partial charge >= 0.3 is 0 Å². The number of nitrogens with zero attached hydrogens (tertiary/aromatic N) is 2. The molecule has 0 bridgehead atoms. The van der Waals surface area contributed by atoms with E-state index in [4.69, 9.17) is 10.5 Å². The summed E-state index contributed by atoms with van der Waals surface area (Å²) in [6.45, 7) is 1.85. The number of benzene rings is 2. The van der Waals surface area contributed by atoms with Crippen LogP contribution < -0.4 is 10.5 Å². The van der Waals surface area contributed by atoms with E-state index in [-0.39, 0.29) is 0 Å². The second-order valence-electron chi connectivity index (χ2n) is 7.77. The van der Waals surface area contributed by atoms with Crippen LogP contribution in [-0.2, 0) is 11.2 Å². The number of fused-ring (bicyclic) bond motifs is 1. The van der Waals surface area contributed by atoms with Gasteiger partial charge in [0.2, 0.25) is 5.91 Å². The molecule has 1 aliphatic rings. The summed E-state index contributed by atoms with van der Waals surface area (Å²) < 4.78 is 7.04. The highest BCUT2D eigenvalue weighted by Gasteiger charge is 2.28. The second-order valence-corrected chi connectivity index (χ2v) is 8.76. The number of primary amides is 1. The van der Waals surface area contributed by atoms with Crippen molar-refractivity contribution in [3.8, 4) is 10.9 Å². The van der Waals surface area contributed by atoms with Gasteiger partial charge in [0.15, 0.2) is 0 Å². The molecule has 2 aromatic carbocycles. The number of amides is 1. The fourth-order valence-electron chi connectivity index (χ4n) is 3.54. The molecule has 1 atom stereocenters. The molecular formula is C23H27N3O3S. The van der Waals surface area contributed by atoms with Crippen LogP contribution >= 0.6 is 11.3 Å². The minimum atomic E-state index is -1.03. The number of aliphatic hydroxyl groups excluding tert-OH is 1. The van der Waals surface area contributed by atoms with Gasteiger partial charge in [0.1, 0.15) is 11.9 Å². The molecule has 0 saturated heterocycles. The number of hydrogen-bond donors (Lipinski definition) is 2. The largest absolute Gasteiger partial charge is 0.431 e. The van der Waals surface area contributed by atoms with Gasteiger partial charge < -0.3 is 20.5 Å². The molecule has 1 heterocycles. The molecule has 1 unspecified atom stereocenters. The van der Waals surface area contributed by atoms with Gasteiger partial charge in [-0.05, 0) is 68.5 Å². The van der Waals surface area contributed by atoms with Crippen LogP contribution in [0.4, 0.5) is 0 Å². The zero-order valence-electron chi connectivity index (χ0n) is 16.9. The molecular weight excluding hydrogens is 398 g/mol. The molecule has 3 N–H and O–H groups in total. The van der Waals surface area contributed by atoms with Crippen molar-refractivity contribution in [2.75, 3.05) is 13.1 Å². The number of ether oxygens (including phenoxy) is 1. The fraction of sp³-hybridized carbons (Fsp3) is 0.391. The Balaban J connectivity index is 1.27. The molecule has 1 amide bonds. The van der Waals surface area contributed by atoms with E-state index in [0.29, 0.717) is 17.7 Å². The molecule has 30 heavy (non-hydrogen) atoms. The van der Waals surface area contributed by atoms with Gasteiger partial charge in [-0.3, -0.25) is 4.79 Å². The Morgan fingerprint density at radius 2 is 1.97 bits per heavy atom. The van der Waals surface area contributed by atoms with E-state index in [1.165, 1.54) is 18.4 Å². The summed E-state index contributed by atoms with van der Waals surface area (Å²) in [6.07, 6.45) is 3.58. The maximum Gasteiger partial charge on any atom is 0.279 e. The van der Waals surface area contributed by atoms with Crippen LogP contribution in [0.15, 0.2) is 48.5 Å². The van der Waals surface area contributed by atoms with Crippen LogP contribution in [0, 0.1) is 0 Å². The Morgan fingerprint density at radius 3 is 2.67 bits per heavy atom. The molecule has 0 spiro atoms. The highest BCUT2D eigenvalue weighted by molar-refractivity contribution is 7.20. The van der Waals surface area contributed by atoms with Crippen molar-refractivity contribution in [1.82, 2.24) is 9.88 Å². The lowest BCUT2D eigenvalue weighted by molar-refractivity contribution is -0.126. The Hall–Kier alpha value is -2.48. The van der Waals surface area contributed by atoms with E-state index < -0.39 is 12.0 Å². The monoisotopic (exact) mass is 425 g/mol. The van der Waals surface area contributed by atoms with Crippen LogP contribution in [0.5, 0.6) is 10.9 Å². The van der Waals surface area contributed by atoms with E-state index in [0.717, 1.165) is 41.9 Å². The molecule has 1 saturated carbocycles. The van der Waals surface area contributed by atoms with Crippen LogP contribution in [0.2, 0.25) is 0 Å². The minimum absolute atomic E-state index is 0.427. The third kappa shape index (κ3) is 5.56. The number of carbonyl (C=O) groups excluding carboxylic acids is 1. The summed E-state index contributed by atoms with van der Waals surface area (Å²) in [6, 6.07) is 16.8. The first-order valence-corrected chi connectivity index (χ1v) is 11.2. The van der Waals surface area contributed by atoms with Gasteiger partial charge in [-0.15, -0.1) is 0 Å². The fourth-order valence-corrected chi connectivity index (χ4v) is 4.37. The predicted octanol–water partition coefficient (Wildman–Crippen LogP) is 3.72. The number of nitrogens with two attached hydrogens (primary N) is 1. The van der Waals surface area contributed by atoms with Gasteiger partial charge in [-0.25, -0.2) is 4.98 Å². The van der Waals surface area contributed by atoms with Crippen molar-refractivity contribution in [2.24, 2.45) is 5.73 Å².